The number of anilines is 1. The molecule has 0 unspecified atom stereocenters. The highest BCUT2D eigenvalue weighted by molar-refractivity contribution is 7.22. The van der Waals surface area contributed by atoms with Gasteiger partial charge in [0.25, 0.3) is 11.6 Å². The van der Waals surface area contributed by atoms with Gasteiger partial charge in [0.2, 0.25) is 0 Å². The van der Waals surface area contributed by atoms with Gasteiger partial charge in [0.15, 0.2) is 11.0 Å². The molecule has 9 nitrogen and oxygen atoms in total. The Balaban J connectivity index is 1.78. The van der Waals surface area contributed by atoms with Crippen molar-refractivity contribution in [3.8, 4) is 0 Å². The zero-order valence-corrected chi connectivity index (χ0v) is 15.5. The lowest BCUT2D eigenvalue weighted by Gasteiger charge is -2.19. The number of imidazole rings is 1. The Bertz CT molecular complexity index is 1170. The number of rotatable bonds is 5. The van der Waals surface area contributed by atoms with E-state index in [0.29, 0.717) is 21.0 Å². The number of hydrogen-bond acceptors (Lipinski definition) is 7. The van der Waals surface area contributed by atoms with Crippen LogP contribution < -0.4 is 4.90 Å². The second kappa shape index (κ2) is 7.16. The van der Waals surface area contributed by atoms with Gasteiger partial charge in [-0.2, -0.15) is 0 Å². The highest BCUT2D eigenvalue weighted by Crippen LogP contribution is 2.32. The van der Waals surface area contributed by atoms with Crippen LogP contribution in [-0.4, -0.2) is 30.3 Å². The molecular formula is C18H14N6O3S. The van der Waals surface area contributed by atoms with Crippen molar-refractivity contribution in [2.45, 2.75) is 6.54 Å². The van der Waals surface area contributed by atoms with Gasteiger partial charge >= 0.3 is 0 Å². The van der Waals surface area contributed by atoms with Crippen molar-refractivity contribution in [3.05, 3.63) is 76.6 Å². The minimum Gasteiger partial charge on any atom is -0.330 e. The van der Waals surface area contributed by atoms with Crippen molar-refractivity contribution < 1.29 is 9.72 Å². The van der Waals surface area contributed by atoms with Crippen molar-refractivity contribution in [1.82, 2.24) is 19.5 Å². The Morgan fingerprint density at radius 1 is 1.25 bits per heavy atom. The zero-order valence-electron chi connectivity index (χ0n) is 14.7. The van der Waals surface area contributed by atoms with E-state index < -0.39 is 4.92 Å². The SMILES string of the molecule is Cn1ccnc1C(=O)N(Cc1ccccn1)c1nc2ccc([N+](=O)[O-])cc2s1. The normalized spacial score (nSPS) is 10.9. The van der Waals surface area contributed by atoms with Crippen LogP contribution in [0.15, 0.2) is 55.0 Å². The summed E-state index contributed by atoms with van der Waals surface area (Å²) in [4.78, 5) is 38.2. The van der Waals surface area contributed by atoms with Crippen LogP contribution in [0.25, 0.3) is 10.2 Å². The van der Waals surface area contributed by atoms with E-state index in [1.807, 2.05) is 12.1 Å². The Morgan fingerprint density at radius 3 is 2.79 bits per heavy atom. The number of amides is 1. The Kier molecular flexibility index (Phi) is 4.53. The van der Waals surface area contributed by atoms with E-state index in [4.69, 9.17) is 0 Å². The fourth-order valence-corrected chi connectivity index (χ4v) is 3.70. The van der Waals surface area contributed by atoms with E-state index in [-0.39, 0.29) is 24.0 Å². The van der Waals surface area contributed by atoms with Crippen LogP contribution in [0.2, 0.25) is 0 Å². The van der Waals surface area contributed by atoms with E-state index in [1.165, 1.54) is 28.4 Å². The number of fused-ring (bicyclic) bond motifs is 1. The number of thiazole rings is 1. The molecule has 10 heteroatoms. The third-order valence-electron chi connectivity index (χ3n) is 4.11. The third kappa shape index (κ3) is 3.32. The predicted molar refractivity (Wildman–Crippen MR) is 104 cm³/mol. The molecule has 0 spiro atoms. The van der Waals surface area contributed by atoms with Gasteiger partial charge in [-0.1, -0.05) is 17.4 Å². The van der Waals surface area contributed by atoms with Gasteiger partial charge in [-0.15, -0.1) is 0 Å². The molecule has 1 amide bonds. The maximum atomic E-state index is 13.2. The number of nitrogens with zero attached hydrogens (tertiary/aromatic N) is 6. The molecule has 4 aromatic rings. The number of nitro groups is 1. The molecular weight excluding hydrogens is 380 g/mol. The lowest BCUT2D eigenvalue weighted by Crippen LogP contribution is -2.32. The molecule has 0 saturated carbocycles. The molecule has 1 aromatic carbocycles. The second-order valence-electron chi connectivity index (χ2n) is 5.98. The van der Waals surface area contributed by atoms with Crippen molar-refractivity contribution in [2.24, 2.45) is 7.05 Å². The van der Waals surface area contributed by atoms with Crippen LogP contribution in [-0.2, 0) is 13.6 Å². The van der Waals surface area contributed by atoms with Gasteiger partial charge in [0, 0.05) is 37.8 Å². The van der Waals surface area contributed by atoms with Gasteiger partial charge in [-0.3, -0.25) is 24.8 Å². The molecule has 0 atom stereocenters. The quantitative estimate of drug-likeness (QED) is 0.380. The average molecular weight is 394 g/mol. The number of hydrogen-bond donors (Lipinski definition) is 0. The van der Waals surface area contributed by atoms with E-state index in [1.54, 1.807) is 42.3 Å². The van der Waals surface area contributed by atoms with E-state index in [9.17, 15) is 14.9 Å². The molecule has 3 aromatic heterocycles. The van der Waals surface area contributed by atoms with Crippen LogP contribution in [0.1, 0.15) is 16.3 Å². The van der Waals surface area contributed by atoms with E-state index in [0.717, 1.165) is 0 Å². The van der Waals surface area contributed by atoms with Gasteiger partial charge in [0.1, 0.15) is 0 Å². The van der Waals surface area contributed by atoms with Crippen LogP contribution in [0.5, 0.6) is 0 Å². The van der Waals surface area contributed by atoms with E-state index in [2.05, 4.69) is 15.0 Å². The predicted octanol–water partition coefficient (Wildman–Crippen LogP) is 3.18. The average Bonchev–Trinajstić information content (AvgIpc) is 3.31. The number of non-ortho nitro benzene ring substituents is 1. The maximum absolute atomic E-state index is 13.2. The molecule has 4 rings (SSSR count). The van der Waals surface area contributed by atoms with Gasteiger partial charge in [-0.25, -0.2) is 9.97 Å². The Morgan fingerprint density at radius 2 is 2.11 bits per heavy atom. The van der Waals surface area contributed by atoms with Crippen molar-refractivity contribution in [1.29, 1.82) is 0 Å². The molecule has 28 heavy (non-hydrogen) atoms. The molecule has 0 aliphatic rings. The standard InChI is InChI=1S/C18H14N6O3S/c1-22-9-8-20-16(22)17(25)23(11-12-4-2-3-7-19-12)18-21-14-6-5-13(24(26)27)10-15(14)28-18/h2-10H,11H2,1H3. The topological polar surface area (TPSA) is 107 Å². The summed E-state index contributed by atoms with van der Waals surface area (Å²) in [5.41, 5.74) is 1.26. The largest absolute Gasteiger partial charge is 0.330 e. The number of nitro benzene ring substituents is 1. The summed E-state index contributed by atoms with van der Waals surface area (Å²) in [6, 6.07) is 9.89. The number of carbonyl (C=O) groups excluding carboxylic acids is 1. The van der Waals surface area contributed by atoms with Crippen molar-refractivity contribution in [3.63, 3.8) is 0 Å². The van der Waals surface area contributed by atoms with Crippen molar-refractivity contribution >= 4 is 38.3 Å². The number of carbonyl (C=O) groups is 1. The van der Waals surface area contributed by atoms with Crippen molar-refractivity contribution in [2.75, 3.05) is 4.90 Å². The Labute approximate surface area is 163 Å². The Hall–Kier alpha value is -3.66. The first kappa shape index (κ1) is 17.7. The minimum atomic E-state index is -0.455. The van der Waals surface area contributed by atoms with Crippen LogP contribution in [0.4, 0.5) is 10.8 Å². The van der Waals surface area contributed by atoms with Crippen LogP contribution >= 0.6 is 11.3 Å². The summed E-state index contributed by atoms with van der Waals surface area (Å²) in [5, 5.41) is 11.5. The minimum absolute atomic E-state index is 0.0191. The molecule has 0 saturated heterocycles. The highest BCUT2D eigenvalue weighted by Gasteiger charge is 2.25. The summed E-state index contributed by atoms with van der Waals surface area (Å²) in [5.74, 6) is -0.0622. The fraction of sp³-hybridized carbons (Fsp3) is 0.111. The third-order valence-corrected chi connectivity index (χ3v) is 5.15. The highest BCUT2D eigenvalue weighted by atomic mass is 32.1. The van der Waals surface area contributed by atoms with Gasteiger partial charge in [0.05, 0.1) is 27.4 Å². The first-order chi connectivity index (χ1) is 13.5. The molecule has 140 valence electrons. The molecule has 0 aliphatic heterocycles. The van der Waals surface area contributed by atoms with Crippen LogP contribution in [0, 0.1) is 10.1 Å². The summed E-state index contributed by atoms with van der Waals surface area (Å²) < 4.78 is 2.26. The molecule has 0 fully saturated rings. The molecule has 0 aliphatic carbocycles. The molecule has 0 radical (unpaired) electrons. The second-order valence-corrected chi connectivity index (χ2v) is 6.99. The zero-order chi connectivity index (χ0) is 19.7. The smallest absolute Gasteiger partial charge is 0.296 e. The first-order valence-corrected chi connectivity index (χ1v) is 9.08. The molecule has 0 N–H and O–H groups in total. The van der Waals surface area contributed by atoms with Gasteiger partial charge < -0.3 is 4.57 Å². The monoisotopic (exact) mass is 394 g/mol. The molecule has 3 heterocycles. The lowest BCUT2D eigenvalue weighted by atomic mass is 10.3. The first-order valence-electron chi connectivity index (χ1n) is 8.27. The summed E-state index contributed by atoms with van der Waals surface area (Å²) in [6.07, 6.45) is 4.89. The summed E-state index contributed by atoms with van der Waals surface area (Å²) in [7, 11) is 1.74. The van der Waals surface area contributed by atoms with Crippen LogP contribution in [0.3, 0.4) is 0 Å². The van der Waals surface area contributed by atoms with E-state index >= 15 is 0 Å². The molecule has 0 bridgehead atoms. The maximum Gasteiger partial charge on any atom is 0.296 e. The number of aromatic nitrogens is 4. The number of pyridine rings is 1. The lowest BCUT2D eigenvalue weighted by molar-refractivity contribution is -0.384. The summed E-state index contributed by atoms with van der Waals surface area (Å²) >= 11 is 1.21. The number of benzene rings is 1. The summed E-state index contributed by atoms with van der Waals surface area (Å²) in [6.45, 7) is 0.203. The number of aryl methyl sites for hydroxylation is 1. The van der Waals surface area contributed by atoms with Gasteiger partial charge in [-0.05, 0) is 18.2 Å². The fourth-order valence-electron chi connectivity index (χ4n) is 2.70.